The van der Waals surface area contributed by atoms with Crippen LogP contribution in [-0.2, 0) is 20.8 Å². The Bertz CT molecular complexity index is 352. The summed E-state index contributed by atoms with van der Waals surface area (Å²) in [5, 5.41) is 2.74. The highest BCUT2D eigenvalue weighted by atomic mass is 16.5. The van der Waals surface area contributed by atoms with Crippen LogP contribution in [0.2, 0.25) is 0 Å². The molecule has 3 N–H and O–H groups in total. The van der Waals surface area contributed by atoms with Gasteiger partial charge >= 0.3 is 0 Å². The van der Waals surface area contributed by atoms with Gasteiger partial charge in [0.25, 0.3) is 0 Å². The summed E-state index contributed by atoms with van der Waals surface area (Å²) in [5.74, 6) is -0.174. The fourth-order valence-corrected chi connectivity index (χ4v) is 1.35. The molecule has 1 rings (SSSR count). The molecule has 0 atom stereocenters. The van der Waals surface area contributed by atoms with Gasteiger partial charge in [0.2, 0.25) is 5.91 Å². The SMILES string of the molecule is CCOCCOCC(=O)Nc1ccc(CN)cc1. The Hall–Kier alpha value is -1.43. The lowest BCUT2D eigenvalue weighted by Crippen LogP contribution is -2.19. The predicted molar refractivity (Wildman–Crippen MR) is 70.3 cm³/mol. The molecule has 100 valence electrons. The number of hydrogen-bond acceptors (Lipinski definition) is 4. The van der Waals surface area contributed by atoms with E-state index in [0.29, 0.717) is 26.4 Å². The maximum atomic E-state index is 11.5. The topological polar surface area (TPSA) is 73.6 Å². The van der Waals surface area contributed by atoms with Crippen molar-refractivity contribution in [1.29, 1.82) is 0 Å². The Balaban J connectivity index is 2.22. The minimum Gasteiger partial charge on any atom is -0.379 e. The summed E-state index contributed by atoms with van der Waals surface area (Å²) in [7, 11) is 0. The fraction of sp³-hybridized carbons (Fsp3) is 0.462. The van der Waals surface area contributed by atoms with E-state index in [1.54, 1.807) is 0 Å². The van der Waals surface area contributed by atoms with Crippen molar-refractivity contribution in [3.05, 3.63) is 29.8 Å². The molecule has 0 fully saturated rings. The van der Waals surface area contributed by atoms with Crippen molar-refractivity contribution < 1.29 is 14.3 Å². The Morgan fingerprint density at radius 1 is 1.22 bits per heavy atom. The second-order valence-electron chi connectivity index (χ2n) is 3.70. The van der Waals surface area contributed by atoms with Crippen LogP contribution in [0.4, 0.5) is 5.69 Å². The minimum absolute atomic E-state index is 0.0334. The van der Waals surface area contributed by atoms with Crippen LogP contribution in [0.15, 0.2) is 24.3 Å². The van der Waals surface area contributed by atoms with Crippen LogP contribution in [0.3, 0.4) is 0 Å². The van der Waals surface area contributed by atoms with Crippen LogP contribution in [0, 0.1) is 0 Å². The number of benzene rings is 1. The maximum absolute atomic E-state index is 11.5. The number of amides is 1. The molecule has 0 heterocycles. The third-order valence-corrected chi connectivity index (χ3v) is 2.28. The van der Waals surface area contributed by atoms with Gasteiger partial charge in [-0.25, -0.2) is 0 Å². The first kappa shape index (κ1) is 14.6. The molecule has 0 spiro atoms. The molecular formula is C13H20N2O3. The van der Waals surface area contributed by atoms with E-state index in [1.165, 1.54) is 0 Å². The van der Waals surface area contributed by atoms with Crippen molar-refractivity contribution in [3.63, 3.8) is 0 Å². The largest absolute Gasteiger partial charge is 0.379 e. The van der Waals surface area contributed by atoms with Crippen molar-refractivity contribution in [1.82, 2.24) is 0 Å². The zero-order valence-corrected chi connectivity index (χ0v) is 10.6. The molecule has 0 saturated carbocycles. The van der Waals surface area contributed by atoms with Gasteiger partial charge in [0.15, 0.2) is 0 Å². The number of carbonyl (C=O) groups excluding carboxylic acids is 1. The molecular weight excluding hydrogens is 232 g/mol. The van der Waals surface area contributed by atoms with Crippen molar-refractivity contribution >= 4 is 11.6 Å². The Kier molecular flexibility index (Phi) is 7.01. The third kappa shape index (κ3) is 5.77. The second-order valence-corrected chi connectivity index (χ2v) is 3.70. The Labute approximate surface area is 107 Å². The monoisotopic (exact) mass is 252 g/mol. The number of hydrogen-bond donors (Lipinski definition) is 2. The molecule has 0 aromatic heterocycles. The fourth-order valence-electron chi connectivity index (χ4n) is 1.35. The van der Waals surface area contributed by atoms with Gasteiger partial charge < -0.3 is 20.5 Å². The van der Waals surface area contributed by atoms with Gasteiger partial charge in [-0.15, -0.1) is 0 Å². The molecule has 5 heteroatoms. The van der Waals surface area contributed by atoms with Crippen LogP contribution < -0.4 is 11.1 Å². The first-order valence-electron chi connectivity index (χ1n) is 6.00. The van der Waals surface area contributed by atoms with E-state index < -0.39 is 0 Å². The van der Waals surface area contributed by atoms with E-state index in [9.17, 15) is 4.79 Å². The highest BCUT2D eigenvalue weighted by molar-refractivity contribution is 5.91. The summed E-state index contributed by atoms with van der Waals surface area (Å²) in [5.41, 5.74) is 7.26. The van der Waals surface area contributed by atoms with Gasteiger partial charge in [0.05, 0.1) is 13.2 Å². The normalized spacial score (nSPS) is 10.3. The van der Waals surface area contributed by atoms with E-state index in [4.69, 9.17) is 15.2 Å². The highest BCUT2D eigenvalue weighted by Crippen LogP contribution is 2.08. The highest BCUT2D eigenvalue weighted by Gasteiger charge is 2.02. The van der Waals surface area contributed by atoms with Crippen LogP contribution in [0.1, 0.15) is 12.5 Å². The number of nitrogens with one attached hydrogen (secondary N) is 1. The third-order valence-electron chi connectivity index (χ3n) is 2.28. The summed E-state index contributed by atoms with van der Waals surface area (Å²) in [6.45, 7) is 4.03. The molecule has 0 radical (unpaired) electrons. The van der Waals surface area contributed by atoms with Crippen LogP contribution >= 0.6 is 0 Å². The molecule has 1 amide bonds. The van der Waals surface area contributed by atoms with Gasteiger partial charge in [-0.3, -0.25) is 4.79 Å². The standard InChI is InChI=1S/C13H20N2O3/c1-2-17-7-8-18-10-13(16)15-12-5-3-11(9-14)4-6-12/h3-6H,2,7-10,14H2,1H3,(H,15,16). The van der Waals surface area contributed by atoms with Crippen molar-refractivity contribution in [2.24, 2.45) is 5.73 Å². The second kappa shape index (κ2) is 8.63. The number of rotatable bonds is 8. The van der Waals surface area contributed by atoms with Crippen molar-refractivity contribution in [3.8, 4) is 0 Å². The lowest BCUT2D eigenvalue weighted by Gasteiger charge is -2.07. The molecule has 0 aliphatic carbocycles. The summed E-state index contributed by atoms with van der Waals surface area (Å²) >= 11 is 0. The smallest absolute Gasteiger partial charge is 0.250 e. The summed E-state index contributed by atoms with van der Waals surface area (Å²) in [4.78, 5) is 11.5. The van der Waals surface area contributed by atoms with Crippen LogP contribution in [-0.4, -0.2) is 32.3 Å². The van der Waals surface area contributed by atoms with Gasteiger partial charge in [0, 0.05) is 18.8 Å². The van der Waals surface area contributed by atoms with E-state index in [2.05, 4.69) is 5.32 Å². The first-order valence-corrected chi connectivity index (χ1v) is 6.00. The molecule has 0 bridgehead atoms. The first-order chi connectivity index (χ1) is 8.76. The molecule has 0 saturated heterocycles. The van der Waals surface area contributed by atoms with Crippen LogP contribution in [0.5, 0.6) is 0 Å². The van der Waals surface area contributed by atoms with Crippen LogP contribution in [0.25, 0.3) is 0 Å². The lowest BCUT2D eigenvalue weighted by molar-refractivity contribution is -0.121. The minimum atomic E-state index is -0.174. The van der Waals surface area contributed by atoms with E-state index in [1.807, 2.05) is 31.2 Å². The van der Waals surface area contributed by atoms with Gasteiger partial charge in [-0.05, 0) is 24.6 Å². The maximum Gasteiger partial charge on any atom is 0.250 e. The quantitative estimate of drug-likeness (QED) is 0.680. The Morgan fingerprint density at radius 2 is 1.89 bits per heavy atom. The average Bonchev–Trinajstić information content (AvgIpc) is 2.39. The van der Waals surface area contributed by atoms with E-state index in [0.717, 1.165) is 11.3 Å². The molecule has 1 aromatic carbocycles. The average molecular weight is 252 g/mol. The van der Waals surface area contributed by atoms with E-state index in [-0.39, 0.29) is 12.5 Å². The van der Waals surface area contributed by atoms with Gasteiger partial charge in [-0.1, -0.05) is 12.1 Å². The molecule has 5 nitrogen and oxygen atoms in total. The summed E-state index contributed by atoms with van der Waals surface area (Å²) in [6, 6.07) is 7.40. The zero-order valence-electron chi connectivity index (χ0n) is 10.6. The van der Waals surface area contributed by atoms with Crippen molar-refractivity contribution in [2.45, 2.75) is 13.5 Å². The van der Waals surface area contributed by atoms with Gasteiger partial charge in [0.1, 0.15) is 6.61 Å². The zero-order chi connectivity index (χ0) is 13.2. The molecule has 0 aliphatic rings. The number of nitrogens with two attached hydrogens (primary N) is 1. The number of anilines is 1. The molecule has 1 aromatic rings. The van der Waals surface area contributed by atoms with E-state index >= 15 is 0 Å². The summed E-state index contributed by atoms with van der Waals surface area (Å²) < 4.78 is 10.2. The lowest BCUT2D eigenvalue weighted by atomic mass is 10.2. The number of carbonyl (C=O) groups is 1. The predicted octanol–water partition coefficient (Wildman–Crippen LogP) is 1.14. The molecule has 18 heavy (non-hydrogen) atoms. The van der Waals surface area contributed by atoms with Gasteiger partial charge in [-0.2, -0.15) is 0 Å². The molecule has 0 aliphatic heterocycles. The molecule has 0 unspecified atom stereocenters. The van der Waals surface area contributed by atoms with Crippen molar-refractivity contribution in [2.75, 3.05) is 31.7 Å². The summed E-state index contributed by atoms with van der Waals surface area (Å²) in [6.07, 6.45) is 0. The Morgan fingerprint density at radius 3 is 2.50 bits per heavy atom. The number of ether oxygens (including phenoxy) is 2.